The Kier molecular flexibility index (Phi) is 8.71. The highest BCUT2D eigenvalue weighted by atomic mass is 16.5. The normalized spacial score (nSPS) is 11.6. The number of amides is 2. The molecule has 0 spiro atoms. The summed E-state index contributed by atoms with van der Waals surface area (Å²) in [5, 5.41) is 2.85. The van der Waals surface area contributed by atoms with E-state index in [1.54, 1.807) is 4.90 Å². The third-order valence-corrected chi connectivity index (χ3v) is 4.90. The molecule has 2 aromatic rings. The predicted molar refractivity (Wildman–Crippen MR) is 116 cm³/mol. The Balaban J connectivity index is 2.12. The van der Waals surface area contributed by atoms with E-state index in [1.165, 1.54) is 0 Å². The van der Waals surface area contributed by atoms with Gasteiger partial charge in [-0.1, -0.05) is 55.0 Å². The van der Waals surface area contributed by atoms with Crippen LogP contribution in [0.5, 0.6) is 5.75 Å². The maximum Gasteiger partial charge on any atom is 0.261 e. The van der Waals surface area contributed by atoms with Crippen LogP contribution in [0.25, 0.3) is 0 Å². The van der Waals surface area contributed by atoms with Crippen LogP contribution in [0.3, 0.4) is 0 Å². The zero-order valence-electron chi connectivity index (χ0n) is 17.9. The molecule has 0 aliphatic heterocycles. The lowest BCUT2D eigenvalue weighted by Gasteiger charge is -2.30. The number of nitrogens with one attached hydrogen (secondary N) is 1. The monoisotopic (exact) mass is 396 g/mol. The van der Waals surface area contributed by atoms with E-state index < -0.39 is 6.04 Å². The largest absolute Gasteiger partial charge is 0.483 e. The van der Waals surface area contributed by atoms with Gasteiger partial charge in [-0.15, -0.1) is 0 Å². The minimum absolute atomic E-state index is 0.0887. The van der Waals surface area contributed by atoms with E-state index in [0.29, 0.717) is 31.7 Å². The summed E-state index contributed by atoms with van der Waals surface area (Å²) in [6.07, 6.45) is 1.24. The van der Waals surface area contributed by atoms with Crippen molar-refractivity contribution in [1.82, 2.24) is 10.2 Å². The molecule has 0 saturated carbocycles. The highest BCUT2D eigenvalue weighted by Crippen LogP contribution is 2.19. The minimum Gasteiger partial charge on any atom is -0.483 e. The Hall–Kier alpha value is -2.82. The molecule has 0 heterocycles. The molecule has 0 saturated heterocycles. The van der Waals surface area contributed by atoms with Gasteiger partial charge in [0.1, 0.15) is 11.8 Å². The van der Waals surface area contributed by atoms with E-state index in [2.05, 4.69) is 5.32 Å². The third kappa shape index (κ3) is 6.63. The molecule has 29 heavy (non-hydrogen) atoms. The average Bonchev–Trinajstić information content (AvgIpc) is 2.71. The fourth-order valence-corrected chi connectivity index (χ4v) is 3.37. The molecule has 156 valence electrons. The fraction of sp³-hybridized carbons (Fsp3) is 0.417. The first-order chi connectivity index (χ1) is 14.0. The Morgan fingerprint density at radius 1 is 1.07 bits per heavy atom. The molecule has 1 N–H and O–H groups in total. The molecule has 5 nitrogen and oxygen atoms in total. The smallest absolute Gasteiger partial charge is 0.261 e. The predicted octanol–water partition coefficient (Wildman–Crippen LogP) is 3.67. The van der Waals surface area contributed by atoms with Crippen molar-refractivity contribution in [3.63, 3.8) is 0 Å². The lowest BCUT2D eigenvalue weighted by atomic mass is 10.1. The number of benzene rings is 2. The minimum atomic E-state index is -0.506. The summed E-state index contributed by atoms with van der Waals surface area (Å²) >= 11 is 0. The van der Waals surface area contributed by atoms with Gasteiger partial charge in [0.2, 0.25) is 5.91 Å². The van der Waals surface area contributed by atoms with E-state index in [0.717, 1.165) is 16.7 Å². The molecular formula is C24H32N2O3. The summed E-state index contributed by atoms with van der Waals surface area (Å²) in [5.41, 5.74) is 3.27. The van der Waals surface area contributed by atoms with Crippen LogP contribution in [0.4, 0.5) is 0 Å². The van der Waals surface area contributed by atoms with Crippen molar-refractivity contribution in [2.45, 2.75) is 46.6 Å². The second kappa shape index (κ2) is 11.2. The first-order valence-electron chi connectivity index (χ1n) is 10.3. The number of ether oxygens (including phenoxy) is 1. The Bertz CT molecular complexity index is 805. The van der Waals surface area contributed by atoms with Crippen molar-refractivity contribution in [1.29, 1.82) is 0 Å². The van der Waals surface area contributed by atoms with Crippen LogP contribution in [-0.2, 0) is 16.0 Å². The van der Waals surface area contributed by atoms with E-state index >= 15 is 0 Å². The summed E-state index contributed by atoms with van der Waals surface area (Å²) in [6.45, 7) is 8.70. The van der Waals surface area contributed by atoms with Crippen molar-refractivity contribution < 1.29 is 14.3 Å². The van der Waals surface area contributed by atoms with E-state index in [1.807, 2.05) is 76.2 Å². The second-order valence-electron chi connectivity index (χ2n) is 7.20. The lowest BCUT2D eigenvalue weighted by molar-refractivity contribution is -0.142. The summed E-state index contributed by atoms with van der Waals surface area (Å²) in [7, 11) is 0. The zero-order chi connectivity index (χ0) is 21.2. The molecule has 0 aromatic heterocycles. The number of carbonyl (C=O) groups excluding carboxylic acids is 2. The molecule has 0 radical (unpaired) electrons. The van der Waals surface area contributed by atoms with Gasteiger partial charge < -0.3 is 15.0 Å². The average molecular weight is 397 g/mol. The van der Waals surface area contributed by atoms with Crippen LogP contribution < -0.4 is 10.1 Å². The van der Waals surface area contributed by atoms with Crippen LogP contribution in [0.2, 0.25) is 0 Å². The van der Waals surface area contributed by atoms with Crippen molar-refractivity contribution in [3.05, 3.63) is 65.2 Å². The second-order valence-corrected chi connectivity index (χ2v) is 7.20. The third-order valence-electron chi connectivity index (χ3n) is 4.90. The number of likely N-dealkylation sites (N-methyl/N-ethyl adjacent to an activating group) is 1. The topological polar surface area (TPSA) is 58.6 Å². The van der Waals surface area contributed by atoms with Crippen LogP contribution in [0.1, 0.15) is 37.0 Å². The van der Waals surface area contributed by atoms with Crippen LogP contribution in [-0.4, -0.2) is 42.5 Å². The molecule has 1 atom stereocenters. The summed E-state index contributed by atoms with van der Waals surface area (Å²) in [4.78, 5) is 27.3. The number of aryl methyl sites for hydroxylation is 2. The van der Waals surface area contributed by atoms with Crippen LogP contribution in [0.15, 0.2) is 48.5 Å². The van der Waals surface area contributed by atoms with Crippen LogP contribution in [0, 0.1) is 13.8 Å². The standard InChI is InChI=1S/C24H32N2O3/c1-5-21(24(28)25-6-2)26(15-14-20-10-8-7-9-11-20)23(27)17-29-22-13-12-18(3)16-19(22)4/h7-13,16,21H,5-6,14-15,17H2,1-4H3,(H,25,28)/t21-/m1/s1. The molecule has 2 rings (SSSR count). The summed E-state index contributed by atoms with van der Waals surface area (Å²) in [6, 6.07) is 15.3. The van der Waals surface area contributed by atoms with Gasteiger partial charge in [0.15, 0.2) is 6.61 Å². The highest BCUT2D eigenvalue weighted by Gasteiger charge is 2.28. The first-order valence-corrected chi connectivity index (χ1v) is 10.3. The number of hydrogen-bond acceptors (Lipinski definition) is 3. The van der Waals surface area contributed by atoms with Gasteiger partial charge in [0, 0.05) is 13.1 Å². The van der Waals surface area contributed by atoms with Gasteiger partial charge in [0.05, 0.1) is 0 Å². The summed E-state index contributed by atoms with van der Waals surface area (Å²) in [5.74, 6) is 0.389. The highest BCUT2D eigenvalue weighted by molar-refractivity contribution is 5.88. The van der Waals surface area contributed by atoms with Gasteiger partial charge >= 0.3 is 0 Å². The van der Waals surface area contributed by atoms with Gasteiger partial charge in [0.25, 0.3) is 5.91 Å². The molecule has 0 fully saturated rings. The van der Waals surface area contributed by atoms with E-state index in [-0.39, 0.29) is 18.4 Å². The molecule has 5 heteroatoms. The van der Waals surface area contributed by atoms with Crippen molar-refractivity contribution in [3.8, 4) is 5.75 Å². The van der Waals surface area contributed by atoms with Crippen molar-refractivity contribution in [2.24, 2.45) is 0 Å². The quantitative estimate of drug-likeness (QED) is 0.667. The van der Waals surface area contributed by atoms with Crippen molar-refractivity contribution >= 4 is 11.8 Å². The first kappa shape index (κ1) is 22.5. The van der Waals surface area contributed by atoms with Gasteiger partial charge in [-0.25, -0.2) is 0 Å². The van der Waals surface area contributed by atoms with Gasteiger partial charge in [-0.2, -0.15) is 0 Å². The molecular weight excluding hydrogens is 364 g/mol. The fourth-order valence-electron chi connectivity index (χ4n) is 3.37. The zero-order valence-corrected chi connectivity index (χ0v) is 17.9. The Morgan fingerprint density at radius 3 is 2.41 bits per heavy atom. The number of nitrogens with zero attached hydrogens (tertiary/aromatic N) is 1. The molecule has 0 aliphatic rings. The molecule has 0 bridgehead atoms. The SMILES string of the molecule is CCNC(=O)[C@@H](CC)N(CCc1ccccc1)C(=O)COc1ccc(C)cc1C. The van der Waals surface area contributed by atoms with Gasteiger partial charge in [-0.3, -0.25) is 9.59 Å². The van der Waals surface area contributed by atoms with Gasteiger partial charge in [-0.05, 0) is 50.8 Å². The maximum absolute atomic E-state index is 13.0. The molecule has 0 unspecified atom stereocenters. The lowest BCUT2D eigenvalue weighted by Crippen LogP contribution is -2.51. The summed E-state index contributed by atoms with van der Waals surface area (Å²) < 4.78 is 5.80. The molecule has 2 aromatic carbocycles. The number of hydrogen-bond donors (Lipinski definition) is 1. The molecule has 0 aliphatic carbocycles. The molecule has 2 amide bonds. The van der Waals surface area contributed by atoms with Crippen molar-refractivity contribution in [2.75, 3.05) is 19.7 Å². The Morgan fingerprint density at radius 2 is 1.79 bits per heavy atom. The van der Waals surface area contributed by atoms with E-state index in [4.69, 9.17) is 4.74 Å². The number of carbonyl (C=O) groups is 2. The number of rotatable bonds is 10. The van der Waals surface area contributed by atoms with Crippen LogP contribution >= 0.6 is 0 Å². The maximum atomic E-state index is 13.0. The Labute approximate surface area is 174 Å². The van der Waals surface area contributed by atoms with E-state index in [9.17, 15) is 9.59 Å².